The Hall–Kier alpha value is -1.77. The van der Waals surface area contributed by atoms with Crippen LogP contribution in [0.5, 0.6) is 0 Å². The lowest BCUT2D eigenvalue weighted by molar-refractivity contribution is -0.137. The van der Waals surface area contributed by atoms with Crippen LogP contribution in [0.4, 0.5) is 0 Å². The summed E-state index contributed by atoms with van der Waals surface area (Å²) >= 11 is 1.67. The van der Waals surface area contributed by atoms with Gasteiger partial charge in [0.1, 0.15) is 11.6 Å². The van der Waals surface area contributed by atoms with Crippen LogP contribution in [0.15, 0.2) is 23.8 Å². The van der Waals surface area contributed by atoms with Crippen molar-refractivity contribution in [2.45, 2.75) is 38.6 Å². The van der Waals surface area contributed by atoms with E-state index in [1.54, 1.807) is 11.3 Å². The van der Waals surface area contributed by atoms with Crippen LogP contribution in [0.3, 0.4) is 0 Å². The maximum absolute atomic E-state index is 12.3. The maximum atomic E-state index is 12.3. The van der Waals surface area contributed by atoms with E-state index in [2.05, 4.69) is 15.0 Å². The zero-order valence-corrected chi connectivity index (χ0v) is 15.0. The monoisotopic (exact) mass is 361 g/mol. The molecule has 2 aliphatic rings. The van der Waals surface area contributed by atoms with Crippen LogP contribution >= 0.6 is 11.3 Å². The molecule has 0 bridgehead atoms. The third-order valence-corrected chi connectivity index (χ3v) is 5.54. The molecule has 0 spiro atoms. The Balaban J connectivity index is 1.40. The molecule has 0 saturated carbocycles. The van der Waals surface area contributed by atoms with Crippen molar-refractivity contribution in [1.29, 1.82) is 0 Å². The largest absolute Gasteiger partial charge is 0.365 e. The first-order valence-electron chi connectivity index (χ1n) is 8.79. The van der Waals surface area contributed by atoms with Crippen LogP contribution in [0.1, 0.15) is 23.5 Å². The van der Waals surface area contributed by atoms with Gasteiger partial charge < -0.3 is 9.64 Å². The molecule has 0 radical (unpaired) electrons. The third-order valence-electron chi connectivity index (χ3n) is 4.77. The van der Waals surface area contributed by atoms with Gasteiger partial charge >= 0.3 is 0 Å². The zero-order valence-electron chi connectivity index (χ0n) is 14.2. The van der Waals surface area contributed by atoms with E-state index in [0.717, 1.165) is 50.6 Å². The lowest BCUT2D eigenvalue weighted by atomic mass is 10.3. The van der Waals surface area contributed by atoms with Crippen molar-refractivity contribution in [3.63, 3.8) is 0 Å². The molecular weight excluding hydrogens is 338 g/mol. The molecule has 25 heavy (non-hydrogen) atoms. The molecule has 7 nitrogen and oxygen atoms in total. The van der Waals surface area contributed by atoms with Crippen molar-refractivity contribution in [3.05, 3.63) is 34.5 Å². The van der Waals surface area contributed by atoms with Crippen molar-refractivity contribution in [2.75, 3.05) is 26.2 Å². The molecular formula is C17H23N5O2S. The predicted molar refractivity (Wildman–Crippen MR) is 94.0 cm³/mol. The number of carbonyl (C=O) groups excluding carboxylic acids is 1. The van der Waals surface area contributed by atoms with Crippen LogP contribution in [-0.2, 0) is 29.2 Å². The van der Waals surface area contributed by atoms with Crippen molar-refractivity contribution < 1.29 is 9.53 Å². The predicted octanol–water partition coefficient (Wildman–Crippen LogP) is 1.36. The number of nitrogens with zero attached hydrogens (tertiary/aromatic N) is 5. The van der Waals surface area contributed by atoms with E-state index in [4.69, 9.17) is 4.74 Å². The van der Waals surface area contributed by atoms with Crippen LogP contribution in [0.2, 0.25) is 0 Å². The molecule has 1 fully saturated rings. The van der Waals surface area contributed by atoms with Gasteiger partial charge in [-0.1, -0.05) is 0 Å². The second-order valence-electron chi connectivity index (χ2n) is 6.62. The lowest BCUT2D eigenvalue weighted by Crippen LogP contribution is -2.37. The normalized spacial score (nSPS) is 21.3. The number of thiazole rings is 1. The van der Waals surface area contributed by atoms with Crippen molar-refractivity contribution in [2.24, 2.45) is 0 Å². The molecule has 8 heteroatoms. The highest BCUT2D eigenvalue weighted by Crippen LogP contribution is 2.18. The van der Waals surface area contributed by atoms with E-state index < -0.39 is 0 Å². The molecule has 134 valence electrons. The highest BCUT2D eigenvalue weighted by Gasteiger charge is 2.25. The molecule has 4 rings (SSSR count). The Morgan fingerprint density at radius 3 is 2.96 bits per heavy atom. The summed E-state index contributed by atoms with van der Waals surface area (Å²) in [7, 11) is 0. The molecule has 0 aromatic carbocycles. The molecule has 2 aromatic heterocycles. The van der Waals surface area contributed by atoms with Gasteiger partial charge in [-0.3, -0.25) is 14.4 Å². The Morgan fingerprint density at radius 1 is 1.28 bits per heavy atom. The summed E-state index contributed by atoms with van der Waals surface area (Å²) in [4.78, 5) is 20.9. The summed E-state index contributed by atoms with van der Waals surface area (Å²) in [5, 5.41) is 7.50. The van der Waals surface area contributed by atoms with Crippen LogP contribution < -0.4 is 0 Å². The molecule has 1 unspecified atom stereocenters. The Bertz CT molecular complexity index is 696. The molecule has 1 amide bonds. The van der Waals surface area contributed by atoms with Crippen molar-refractivity contribution in [1.82, 2.24) is 24.6 Å². The summed E-state index contributed by atoms with van der Waals surface area (Å²) in [6.45, 7) is 4.97. The molecule has 1 atom stereocenters. The number of ether oxygens (including phenoxy) is 1. The van der Waals surface area contributed by atoms with Gasteiger partial charge in [0, 0.05) is 44.0 Å². The first-order valence-corrected chi connectivity index (χ1v) is 9.67. The minimum atomic E-state index is -0.0485. The fourth-order valence-corrected chi connectivity index (χ4v) is 4.14. The molecule has 0 N–H and O–H groups in total. The third kappa shape index (κ3) is 4.08. The zero-order chi connectivity index (χ0) is 17.1. The van der Waals surface area contributed by atoms with E-state index in [9.17, 15) is 4.79 Å². The Morgan fingerprint density at radius 2 is 2.16 bits per heavy atom. The second-order valence-corrected chi connectivity index (χ2v) is 7.60. The molecule has 2 aliphatic heterocycles. The first-order chi connectivity index (χ1) is 12.3. The van der Waals surface area contributed by atoms with Crippen molar-refractivity contribution in [3.8, 4) is 0 Å². The quantitative estimate of drug-likeness (QED) is 0.805. The van der Waals surface area contributed by atoms with Crippen LogP contribution in [0.25, 0.3) is 0 Å². The molecule has 1 saturated heterocycles. The molecule has 0 aliphatic carbocycles. The highest BCUT2D eigenvalue weighted by molar-refractivity contribution is 7.09. The summed E-state index contributed by atoms with van der Waals surface area (Å²) in [5.74, 6) is 0.105. The number of likely N-dealkylation sites (tertiary alicyclic amines) is 1. The summed E-state index contributed by atoms with van der Waals surface area (Å²) in [5.41, 5.74) is 1.17. The maximum Gasteiger partial charge on any atom is 0.248 e. The van der Waals surface area contributed by atoms with Gasteiger partial charge in [0.05, 0.1) is 24.9 Å². The number of carbonyl (C=O) groups is 1. The van der Waals surface area contributed by atoms with Gasteiger partial charge in [0.2, 0.25) is 5.91 Å². The molecule has 2 aromatic rings. The number of rotatable bonds is 5. The summed E-state index contributed by atoms with van der Waals surface area (Å²) in [6.07, 6.45) is 5.83. The van der Waals surface area contributed by atoms with Gasteiger partial charge in [-0.15, -0.1) is 11.3 Å². The topological polar surface area (TPSA) is 63.5 Å². The average Bonchev–Trinajstić information content (AvgIpc) is 3.35. The van der Waals surface area contributed by atoms with Gasteiger partial charge in [-0.05, 0) is 18.9 Å². The van der Waals surface area contributed by atoms with Gasteiger partial charge in [-0.2, -0.15) is 5.10 Å². The number of hydrogen-bond donors (Lipinski definition) is 0. The number of aromatic nitrogens is 3. The minimum absolute atomic E-state index is 0.0485. The van der Waals surface area contributed by atoms with Gasteiger partial charge in [0.15, 0.2) is 0 Å². The van der Waals surface area contributed by atoms with E-state index in [1.807, 2.05) is 33.4 Å². The Labute approximate surface area is 151 Å². The number of amides is 1. The lowest BCUT2D eigenvalue weighted by Gasteiger charge is -2.24. The second kappa shape index (κ2) is 7.63. The standard InChI is InChI=1S/C17H23N5O2S/c23-17(21-6-1-2-7-21)13-24-15-10-20(12-16-18-5-8-25-16)9-14-3-4-19-22(14)11-15/h3-5,8,15H,1-2,6-7,9-13H2. The van der Waals surface area contributed by atoms with E-state index in [1.165, 1.54) is 5.69 Å². The molecule has 4 heterocycles. The number of fused-ring (bicyclic) bond motifs is 1. The summed E-state index contributed by atoms with van der Waals surface area (Å²) in [6, 6.07) is 2.05. The van der Waals surface area contributed by atoms with Crippen molar-refractivity contribution >= 4 is 17.2 Å². The average molecular weight is 361 g/mol. The Kier molecular flexibility index (Phi) is 5.09. The minimum Gasteiger partial charge on any atom is -0.365 e. The smallest absolute Gasteiger partial charge is 0.248 e. The fraction of sp³-hybridized carbons (Fsp3) is 0.588. The highest BCUT2D eigenvalue weighted by atomic mass is 32.1. The van der Waals surface area contributed by atoms with Crippen LogP contribution in [-0.4, -0.2) is 62.8 Å². The van der Waals surface area contributed by atoms with Crippen LogP contribution in [0, 0.1) is 0 Å². The number of hydrogen-bond acceptors (Lipinski definition) is 6. The van der Waals surface area contributed by atoms with Gasteiger partial charge in [0.25, 0.3) is 0 Å². The fourth-order valence-electron chi connectivity index (χ4n) is 3.49. The SMILES string of the molecule is O=C(COC1CN(Cc2nccs2)Cc2ccnn2C1)N1CCCC1. The van der Waals surface area contributed by atoms with E-state index >= 15 is 0 Å². The van der Waals surface area contributed by atoms with E-state index in [-0.39, 0.29) is 18.6 Å². The summed E-state index contributed by atoms with van der Waals surface area (Å²) < 4.78 is 8.00. The van der Waals surface area contributed by atoms with E-state index in [0.29, 0.717) is 6.54 Å². The first kappa shape index (κ1) is 16.7. The van der Waals surface area contributed by atoms with Gasteiger partial charge in [-0.25, -0.2) is 4.98 Å².